The summed E-state index contributed by atoms with van der Waals surface area (Å²) in [7, 11) is 0. The van der Waals surface area contributed by atoms with E-state index in [2.05, 4.69) is 37.4 Å². The zero-order chi connectivity index (χ0) is 9.42. The molecule has 0 aromatic heterocycles. The Labute approximate surface area is 79.1 Å². The first kappa shape index (κ1) is 8.57. The fraction of sp³-hybridized carbons (Fsp3) is 0.455. The number of fused-ring (bicyclic) bond motifs is 1. The number of nitrogens with two attached hydrogens (primary N) is 1. The van der Waals surface area contributed by atoms with Gasteiger partial charge in [0.05, 0.1) is 6.17 Å². The Kier molecular flexibility index (Phi) is 2.00. The molecule has 1 atom stereocenters. The molecule has 0 radical (unpaired) electrons. The maximum atomic E-state index is 5.84. The summed E-state index contributed by atoms with van der Waals surface area (Å²) in [5.41, 5.74) is 9.90. The van der Waals surface area contributed by atoms with E-state index in [9.17, 15) is 0 Å². The molecule has 1 aromatic rings. The Balaban J connectivity index is 2.45. The molecule has 0 spiro atoms. The van der Waals surface area contributed by atoms with E-state index < -0.39 is 0 Å². The van der Waals surface area contributed by atoms with Gasteiger partial charge in [-0.05, 0) is 23.1 Å². The highest BCUT2D eigenvalue weighted by Gasteiger charge is 2.20. The average Bonchev–Trinajstić information content (AvgIpc) is 2.43. The van der Waals surface area contributed by atoms with E-state index in [-0.39, 0.29) is 6.17 Å². The van der Waals surface area contributed by atoms with Gasteiger partial charge in [0.2, 0.25) is 0 Å². The SMILES string of the molecule is CC(C)c1cccc2c1CC(N)N2. The van der Waals surface area contributed by atoms with Crippen molar-refractivity contribution in [2.75, 3.05) is 5.32 Å². The third-order valence-electron chi connectivity index (χ3n) is 2.60. The number of benzene rings is 1. The van der Waals surface area contributed by atoms with Crippen molar-refractivity contribution in [1.29, 1.82) is 0 Å². The lowest BCUT2D eigenvalue weighted by atomic mass is 9.95. The Morgan fingerprint density at radius 1 is 1.46 bits per heavy atom. The Hall–Kier alpha value is -1.02. The first-order chi connectivity index (χ1) is 6.18. The molecule has 1 aliphatic heterocycles. The van der Waals surface area contributed by atoms with Crippen molar-refractivity contribution < 1.29 is 0 Å². The summed E-state index contributed by atoms with van der Waals surface area (Å²) in [4.78, 5) is 0. The summed E-state index contributed by atoms with van der Waals surface area (Å²) in [6, 6.07) is 6.40. The molecule has 1 aliphatic rings. The molecule has 2 heteroatoms. The van der Waals surface area contributed by atoms with Crippen molar-refractivity contribution >= 4 is 5.69 Å². The number of anilines is 1. The zero-order valence-corrected chi connectivity index (χ0v) is 8.17. The van der Waals surface area contributed by atoms with Gasteiger partial charge in [0, 0.05) is 12.1 Å². The first-order valence-corrected chi connectivity index (χ1v) is 4.82. The van der Waals surface area contributed by atoms with Crippen LogP contribution in [0.2, 0.25) is 0 Å². The van der Waals surface area contributed by atoms with Gasteiger partial charge in [-0.3, -0.25) is 0 Å². The summed E-state index contributed by atoms with van der Waals surface area (Å²) in [5.74, 6) is 0.585. The van der Waals surface area contributed by atoms with E-state index in [0.29, 0.717) is 5.92 Å². The molecule has 0 saturated carbocycles. The minimum Gasteiger partial charge on any atom is -0.369 e. The molecule has 0 amide bonds. The van der Waals surface area contributed by atoms with Crippen LogP contribution in [0.4, 0.5) is 5.69 Å². The van der Waals surface area contributed by atoms with Gasteiger partial charge in [0.15, 0.2) is 0 Å². The maximum Gasteiger partial charge on any atom is 0.0785 e. The zero-order valence-electron chi connectivity index (χ0n) is 8.17. The average molecular weight is 176 g/mol. The summed E-state index contributed by atoms with van der Waals surface area (Å²) >= 11 is 0. The summed E-state index contributed by atoms with van der Waals surface area (Å²) in [6.07, 6.45) is 1.07. The van der Waals surface area contributed by atoms with Gasteiger partial charge in [-0.25, -0.2) is 0 Å². The molecule has 0 aliphatic carbocycles. The molecule has 1 unspecified atom stereocenters. The third kappa shape index (κ3) is 1.42. The van der Waals surface area contributed by atoms with Gasteiger partial charge in [0.25, 0.3) is 0 Å². The van der Waals surface area contributed by atoms with Crippen LogP contribution in [0.1, 0.15) is 30.9 Å². The van der Waals surface area contributed by atoms with Crippen LogP contribution in [0.25, 0.3) is 0 Å². The van der Waals surface area contributed by atoms with Crippen LogP contribution in [0.5, 0.6) is 0 Å². The molecule has 2 nitrogen and oxygen atoms in total. The molecule has 0 saturated heterocycles. The fourth-order valence-corrected chi connectivity index (χ4v) is 1.98. The number of hydrogen-bond donors (Lipinski definition) is 2. The lowest BCUT2D eigenvalue weighted by Gasteiger charge is -2.10. The predicted molar refractivity (Wildman–Crippen MR) is 55.8 cm³/mol. The molecule has 3 N–H and O–H groups in total. The molecule has 13 heavy (non-hydrogen) atoms. The van der Waals surface area contributed by atoms with Crippen LogP contribution in [0.15, 0.2) is 18.2 Å². The van der Waals surface area contributed by atoms with Gasteiger partial charge < -0.3 is 11.1 Å². The maximum absolute atomic E-state index is 5.84. The second kappa shape index (κ2) is 3.04. The van der Waals surface area contributed by atoms with Crippen molar-refractivity contribution in [1.82, 2.24) is 0 Å². The summed E-state index contributed by atoms with van der Waals surface area (Å²) in [6.45, 7) is 4.44. The quantitative estimate of drug-likeness (QED) is 0.687. The Morgan fingerprint density at radius 3 is 2.92 bits per heavy atom. The van der Waals surface area contributed by atoms with Crippen LogP contribution in [0, 0.1) is 0 Å². The van der Waals surface area contributed by atoms with Crippen LogP contribution in [0.3, 0.4) is 0 Å². The minimum absolute atomic E-state index is 0.106. The van der Waals surface area contributed by atoms with Crippen LogP contribution < -0.4 is 11.1 Å². The Bertz CT molecular complexity index is 318. The monoisotopic (exact) mass is 176 g/mol. The molecule has 70 valence electrons. The molecule has 0 fully saturated rings. The first-order valence-electron chi connectivity index (χ1n) is 4.82. The Morgan fingerprint density at radius 2 is 2.23 bits per heavy atom. The van der Waals surface area contributed by atoms with E-state index in [1.807, 2.05) is 0 Å². The van der Waals surface area contributed by atoms with Crippen molar-refractivity contribution in [3.63, 3.8) is 0 Å². The van der Waals surface area contributed by atoms with Gasteiger partial charge in [0.1, 0.15) is 0 Å². The van der Waals surface area contributed by atoms with E-state index in [0.717, 1.165) is 6.42 Å². The molecular formula is C11H16N2. The highest BCUT2D eigenvalue weighted by atomic mass is 15.1. The highest BCUT2D eigenvalue weighted by Crippen LogP contribution is 2.31. The smallest absolute Gasteiger partial charge is 0.0785 e. The van der Waals surface area contributed by atoms with Crippen LogP contribution in [-0.4, -0.2) is 6.17 Å². The van der Waals surface area contributed by atoms with Crippen LogP contribution in [-0.2, 0) is 6.42 Å². The number of nitrogens with one attached hydrogen (secondary N) is 1. The van der Waals surface area contributed by atoms with Crippen molar-refractivity contribution in [3.8, 4) is 0 Å². The predicted octanol–water partition coefficient (Wildman–Crippen LogP) is 2.06. The number of rotatable bonds is 1. The van der Waals surface area contributed by atoms with E-state index in [1.54, 1.807) is 0 Å². The molecule has 1 heterocycles. The number of hydrogen-bond acceptors (Lipinski definition) is 2. The van der Waals surface area contributed by atoms with Gasteiger partial charge in [-0.15, -0.1) is 0 Å². The fourth-order valence-electron chi connectivity index (χ4n) is 1.98. The lowest BCUT2D eigenvalue weighted by molar-refractivity contribution is 0.777. The second-order valence-electron chi connectivity index (χ2n) is 3.98. The summed E-state index contributed by atoms with van der Waals surface area (Å²) < 4.78 is 0. The minimum atomic E-state index is 0.106. The van der Waals surface area contributed by atoms with Gasteiger partial charge in [-0.1, -0.05) is 26.0 Å². The standard InChI is InChI=1S/C11H16N2/c1-7(2)8-4-3-5-10-9(8)6-11(12)13-10/h3-5,7,11,13H,6,12H2,1-2H3. The highest BCUT2D eigenvalue weighted by molar-refractivity contribution is 5.60. The summed E-state index contributed by atoms with van der Waals surface area (Å²) in [5, 5.41) is 3.27. The van der Waals surface area contributed by atoms with Crippen LogP contribution >= 0.6 is 0 Å². The molecule has 0 bridgehead atoms. The lowest BCUT2D eigenvalue weighted by Crippen LogP contribution is -2.26. The normalized spacial score (nSPS) is 20.2. The molecule has 1 aromatic carbocycles. The van der Waals surface area contributed by atoms with Crippen molar-refractivity contribution in [3.05, 3.63) is 29.3 Å². The van der Waals surface area contributed by atoms with E-state index in [4.69, 9.17) is 5.73 Å². The van der Waals surface area contributed by atoms with Crippen molar-refractivity contribution in [2.24, 2.45) is 5.73 Å². The van der Waals surface area contributed by atoms with E-state index in [1.165, 1.54) is 16.8 Å². The third-order valence-corrected chi connectivity index (χ3v) is 2.60. The topological polar surface area (TPSA) is 38.0 Å². The molecular weight excluding hydrogens is 160 g/mol. The second-order valence-corrected chi connectivity index (χ2v) is 3.98. The molecule has 2 rings (SSSR count). The van der Waals surface area contributed by atoms with E-state index >= 15 is 0 Å². The van der Waals surface area contributed by atoms with Gasteiger partial charge >= 0.3 is 0 Å². The largest absolute Gasteiger partial charge is 0.369 e. The van der Waals surface area contributed by atoms with Crippen molar-refractivity contribution in [2.45, 2.75) is 32.4 Å². The van der Waals surface area contributed by atoms with Gasteiger partial charge in [-0.2, -0.15) is 0 Å².